The van der Waals surface area contributed by atoms with Crippen molar-refractivity contribution >= 4 is 35.0 Å². The van der Waals surface area contributed by atoms with E-state index in [1.807, 2.05) is 31.2 Å². The Hall–Kier alpha value is -3.26. The highest BCUT2D eigenvalue weighted by Crippen LogP contribution is 2.33. The van der Waals surface area contributed by atoms with Crippen LogP contribution in [-0.4, -0.2) is 23.1 Å². The Morgan fingerprint density at radius 2 is 2.07 bits per heavy atom. The monoisotopic (exact) mass is 409 g/mol. The number of carbonyl (C=O) groups is 2. The molecule has 8 heteroatoms. The Kier molecular flexibility index (Phi) is 5.26. The molecule has 7 nitrogen and oxygen atoms in total. The number of hydrogen-bond acceptors (Lipinski definition) is 6. The number of anilines is 2. The van der Waals surface area contributed by atoms with Crippen LogP contribution in [0, 0.1) is 6.92 Å². The van der Waals surface area contributed by atoms with Crippen LogP contribution in [0.25, 0.3) is 0 Å². The highest BCUT2D eigenvalue weighted by atomic mass is 32.2. The van der Waals surface area contributed by atoms with E-state index in [2.05, 4.69) is 15.8 Å². The lowest BCUT2D eigenvalue weighted by molar-refractivity contribution is -0.122. The van der Waals surface area contributed by atoms with Crippen molar-refractivity contribution in [1.82, 2.24) is 5.16 Å². The number of benzene rings is 2. The van der Waals surface area contributed by atoms with Gasteiger partial charge in [0.25, 0.3) is 11.8 Å². The van der Waals surface area contributed by atoms with Gasteiger partial charge in [-0.05, 0) is 44.2 Å². The third kappa shape index (κ3) is 4.27. The van der Waals surface area contributed by atoms with Crippen molar-refractivity contribution in [2.75, 3.05) is 10.6 Å². The minimum atomic E-state index is -0.541. The van der Waals surface area contributed by atoms with E-state index in [0.717, 1.165) is 16.3 Å². The SMILES string of the molecule is Cc1cc(CSc2ccccc2C(=O)Nc2ccc3c(c2)NC(=O)[C@H](C)O3)no1. The second-order valence-electron chi connectivity index (χ2n) is 6.63. The summed E-state index contributed by atoms with van der Waals surface area (Å²) >= 11 is 1.52. The molecule has 148 valence electrons. The van der Waals surface area contributed by atoms with Gasteiger partial charge in [-0.1, -0.05) is 17.3 Å². The first-order valence-corrected chi connectivity index (χ1v) is 10.0. The van der Waals surface area contributed by atoms with Crippen molar-refractivity contribution in [3.05, 3.63) is 65.5 Å². The maximum Gasteiger partial charge on any atom is 0.265 e. The van der Waals surface area contributed by atoms with Crippen molar-refractivity contribution in [1.29, 1.82) is 0 Å². The van der Waals surface area contributed by atoms with E-state index < -0.39 is 6.10 Å². The van der Waals surface area contributed by atoms with E-state index in [9.17, 15) is 9.59 Å². The fourth-order valence-electron chi connectivity index (χ4n) is 2.90. The molecule has 2 amide bonds. The zero-order chi connectivity index (χ0) is 20.4. The molecule has 0 radical (unpaired) electrons. The number of aromatic nitrogens is 1. The molecule has 0 saturated carbocycles. The molecule has 2 N–H and O–H groups in total. The number of hydrogen-bond donors (Lipinski definition) is 2. The van der Waals surface area contributed by atoms with E-state index in [4.69, 9.17) is 9.26 Å². The van der Waals surface area contributed by atoms with Crippen molar-refractivity contribution in [3.8, 4) is 5.75 Å². The Morgan fingerprint density at radius 1 is 1.24 bits per heavy atom. The fourth-order valence-corrected chi connectivity index (χ4v) is 3.83. The summed E-state index contributed by atoms with van der Waals surface area (Å²) in [5.74, 6) is 1.48. The first kappa shape index (κ1) is 19.1. The van der Waals surface area contributed by atoms with Gasteiger partial charge in [0, 0.05) is 22.4 Å². The van der Waals surface area contributed by atoms with Gasteiger partial charge in [-0.3, -0.25) is 9.59 Å². The van der Waals surface area contributed by atoms with Gasteiger partial charge in [-0.15, -0.1) is 11.8 Å². The summed E-state index contributed by atoms with van der Waals surface area (Å²) in [6.07, 6.45) is -0.541. The van der Waals surface area contributed by atoms with Gasteiger partial charge in [0.2, 0.25) is 0 Å². The first-order valence-electron chi connectivity index (χ1n) is 9.06. The van der Waals surface area contributed by atoms with E-state index in [1.54, 1.807) is 31.2 Å². The number of ether oxygens (including phenoxy) is 1. The molecular weight excluding hydrogens is 390 g/mol. The second kappa shape index (κ2) is 8.00. The van der Waals surface area contributed by atoms with E-state index in [0.29, 0.717) is 28.4 Å². The number of fused-ring (bicyclic) bond motifs is 1. The highest BCUT2D eigenvalue weighted by Gasteiger charge is 2.24. The number of rotatable bonds is 5. The van der Waals surface area contributed by atoms with Crippen LogP contribution in [0.5, 0.6) is 5.75 Å². The predicted molar refractivity (Wildman–Crippen MR) is 110 cm³/mol. The summed E-state index contributed by atoms with van der Waals surface area (Å²) in [5.41, 5.74) is 2.49. The Balaban J connectivity index is 1.49. The van der Waals surface area contributed by atoms with Gasteiger partial charge in [-0.25, -0.2) is 0 Å². The molecule has 1 aliphatic rings. The lowest BCUT2D eigenvalue weighted by Crippen LogP contribution is -2.34. The van der Waals surface area contributed by atoms with Crippen LogP contribution >= 0.6 is 11.8 Å². The van der Waals surface area contributed by atoms with E-state index in [1.165, 1.54) is 11.8 Å². The molecule has 29 heavy (non-hydrogen) atoms. The van der Waals surface area contributed by atoms with Crippen molar-refractivity contribution in [2.45, 2.75) is 30.6 Å². The van der Waals surface area contributed by atoms with E-state index in [-0.39, 0.29) is 11.8 Å². The van der Waals surface area contributed by atoms with Crippen molar-refractivity contribution < 1.29 is 18.8 Å². The lowest BCUT2D eigenvalue weighted by atomic mass is 10.2. The van der Waals surface area contributed by atoms with Crippen LogP contribution in [0.15, 0.2) is 57.9 Å². The number of aryl methyl sites for hydroxylation is 1. The Labute approximate surface area is 171 Å². The summed E-state index contributed by atoms with van der Waals surface area (Å²) < 4.78 is 10.6. The van der Waals surface area contributed by atoms with Crippen LogP contribution in [0.3, 0.4) is 0 Å². The largest absolute Gasteiger partial charge is 0.479 e. The summed E-state index contributed by atoms with van der Waals surface area (Å²) in [6, 6.07) is 14.4. The lowest BCUT2D eigenvalue weighted by Gasteiger charge is -2.23. The average molecular weight is 409 g/mol. The molecule has 1 aromatic heterocycles. The van der Waals surface area contributed by atoms with Gasteiger partial charge >= 0.3 is 0 Å². The number of carbonyl (C=O) groups excluding carboxylic acids is 2. The fraction of sp³-hybridized carbons (Fsp3) is 0.190. The molecule has 2 aromatic carbocycles. The standard InChI is InChI=1S/C21H19N3O4S/c1-12-9-15(24-28-12)11-29-19-6-4-3-5-16(19)21(26)22-14-7-8-18-17(10-14)23-20(25)13(2)27-18/h3-10,13H,11H2,1-2H3,(H,22,26)(H,23,25)/t13-/m0/s1. The predicted octanol–water partition coefficient (Wildman–Crippen LogP) is 4.25. The molecule has 0 aliphatic carbocycles. The average Bonchev–Trinajstić information content (AvgIpc) is 3.13. The van der Waals surface area contributed by atoms with Gasteiger partial charge in [-0.2, -0.15) is 0 Å². The Bertz CT molecular complexity index is 1080. The molecule has 2 heterocycles. The number of thioether (sulfide) groups is 1. The molecule has 0 spiro atoms. The van der Waals surface area contributed by atoms with Crippen molar-refractivity contribution in [2.24, 2.45) is 0 Å². The van der Waals surface area contributed by atoms with Gasteiger partial charge in [0.15, 0.2) is 6.10 Å². The maximum atomic E-state index is 12.9. The first-order chi connectivity index (χ1) is 14.0. The highest BCUT2D eigenvalue weighted by molar-refractivity contribution is 7.98. The molecule has 1 atom stereocenters. The van der Waals surface area contributed by atoms with Gasteiger partial charge < -0.3 is 19.9 Å². The molecule has 1 aliphatic heterocycles. The van der Waals surface area contributed by atoms with Crippen LogP contribution in [0.1, 0.15) is 28.7 Å². The molecule has 0 unspecified atom stereocenters. The summed E-state index contributed by atoms with van der Waals surface area (Å²) in [4.78, 5) is 25.5. The molecular formula is C21H19N3O4S. The number of amides is 2. The summed E-state index contributed by atoms with van der Waals surface area (Å²) in [5, 5.41) is 9.65. The Morgan fingerprint density at radius 3 is 2.86 bits per heavy atom. The van der Waals surface area contributed by atoms with Crippen LogP contribution < -0.4 is 15.4 Å². The van der Waals surface area contributed by atoms with Gasteiger partial charge in [0.1, 0.15) is 11.5 Å². The zero-order valence-electron chi connectivity index (χ0n) is 15.9. The zero-order valence-corrected chi connectivity index (χ0v) is 16.7. The number of nitrogens with zero attached hydrogens (tertiary/aromatic N) is 1. The third-order valence-electron chi connectivity index (χ3n) is 4.35. The van der Waals surface area contributed by atoms with Crippen LogP contribution in [0.4, 0.5) is 11.4 Å². The summed E-state index contributed by atoms with van der Waals surface area (Å²) in [7, 11) is 0. The van der Waals surface area contributed by atoms with Crippen LogP contribution in [-0.2, 0) is 10.5 Å². The minimum absolute atomic E-state index is 0.217. The third-order valence-corrected chi connectivity index (χ3v) is 5.46. The minimum Gasteiger partial charge on any atom is -0.479 e. The molecule has 4 rings (SSSR count). The second-order valence-corrected chi connectivity index (χ2v) is 7.65. The summed E-state index contributed by atoms with van der Waals surface area (Å²) in [6.45, 7) is 3.53. The smallest absolute Gasteiger partial charge is 0.265 e. The van der Waals surface area contributed by atoms with E-state index >= 15 is 0 Å². The maximum absolute atomic E-state index is 12.9. The molecule has 0 bridgehead atoms. The normalized spacial score (nSPS) is 15.2. The topological polar surface area (TPSA) is 93.5 Å². The quantitative estimate of drug-likeness (QED) is 0.612. The van der Waals surface area contributed by atoms with Crippen LogP contribution in [0.2, 0.25) is 0 Å². The molecule has 3 aromatic rings. The molecule has 0 fully saturated rings. The molecule has 0 saturated heterocycles. The number of nitrogens with one attached hydrogen (secondary N) is 2. The van der Waals surface area contributed by atoms with Gasteiger partial charge in [0.05, 0.1) is 16.9 Å². The van der Waals surface area contributed by atoms with Crippen molar-refractivity contribution in [3.63, 3.8) is 0 Å².